The van der Waals surface area contributed by atoms with Gasteiger partial charge in [0.2, 0.25) is 6.29 Å². The number of aryl methyl sites for hydroxylation is 1. The van der Waals surface area contributed by atoms with E-state index in [4.69, 9.17) is 14.6 Å². The van der Waals surface area contributed by atoms with Crippen LogP contribution in [0.2, 0.25) is 0 Å². The lowest BCUT2D eigenvalue weighted by Crippen LogP contribution is -2.61. The number of benzene rings is 1. The number of phenolic OH excluding ortho intramolecular Hbond substituents is 1. The van der Waals surface area contributed by atoms with Crippen molar-refractivity contribution in [2.45, 2.75) is 37.6 Å². The first-order valence-corrected chi connectivity index (χ1v) is 6.20. The van der Waals surface area contributed by atoms with E-state index in [9.17, 15) is 25.2 Å². The topological polar surface area (TPSA) is 137 Å². The number of phenols is 1. The summed E-state index contributed by atoms with van der Waals surface area (Å²) in [6, 6.07) is 4.44. The molecule has 1 fully saturated rings. The minimum atomic E-state index is -1.79. The van der Waals surface area contributed by atoms with E-state index in [1.165, 1.54) is 12.1 Å². The minimum Gasteiger partial charge on any atom is -0.504 e. The van der Waals surface area contributed by atoms with Crippen molar-refractivity contribution in [3.63, 3.8) is 0 Å². The van der Waals surface area contributed by atoms with Crippen molar-refractivity contribution in [3.05, 3.63) is 23.8 Å². The minimum absolute atomic E-state index is 0.0354. The Labute approximate surface area is 119 Å². The Morgan fingerprint density at radius 1 is 1.19 bits per heavy atom. The zero-order chi connectivity index (χ0) is 15.7. The molecule has 1 aromatic carbocycles. The third-order valence-electron chi connectivity index (χ3n) is 3.17. The lowest BCUT2D eigenvalue weighted by molar-refractivity contribution is -0.271. The normalized spacial score (nSPS) is 32.7. The molecule has 1 aliphatic heterocycles. The van der Waals surface area contributed by atoms with Crippen LogP contribution in [0.1, 0.15) is 5.56 Å². The summed E-state index contributed by atoms with van der Waals surface area (Å²) in [5.41, 5.74) is 0.753. The maximum atomic E-state index is 11.0. The molecule has 1 aromatic rings. The van der Waals surface area contributed by atoms with E-state index in [0.29, 0.717) is 0 Å². The highest BCUT2D eigenvalue weighted by molar-refractivity contribution is 5.73. The van der Waals surface area contributed by atoms with E-state index in [1.807, 2.05) is 0 Å². The lowest BCUT2D eigenvalue weighted by atomic mass is 9.99. The van der Waals surface area contributed by atoms with Crippen LogP contribution < -0.4 is 4.74 Å². The number of aliphatic carboxylic acids is 1. The van der Waals surface area contributed by atoms with Crippen LogP contribution in [0.15, 0.2) is 18.2 Å². The summed E-state index contributed by atoms with van der Waals surface area (Å²) in [4.78, 5) is 11.0. The molecule has 21 heavy (non-hydrogen) atoms. The van der Waals surface area contributed by atoms with Gasteiger partial charge in [-0.05, 0) is 24.6 Å². The average Bonchev–Trinajstić information content (AvgIpc) is 2.43. The predicted molar refractivity (Wildman–Crippen MR) is 67.8 cm³/mol. The Morgan fingerprint density at radius 3 is 2.48 bits per heavy atom. The largest absolute Gasteiger partial charge is 0.504 e. The maximum Gasteiger partial charge on any atom is 0.335 e. The highest BCUT2D eigenvalue weighted by atomic mass is 16.7. The molecule has 116 valence electrons. The first-order valence-electron chi connectivity index (χ1n) is 6.20. The van der Waals surface area contributed by atoms with E-state index >= 15 is 0 Å². The van der Waals surface area contributed by atoms with Crippen LogP contribution in [0, 0.1) is 6.92 Å². The van der Waals surface area contributed by atoms with Gasteiger partial charge in [-0.1, -0.05) is 6.07 Å². The second-order valence-electron chi connectivity index (χ2n) is 4.82. The Kier molecular flexibility index (Phi) is 4.33. The van der Waals surface area contributed by atoms with Crippen LogP contribution in [-0.2, 0) is 9.53 Å². The Bertz CT molecular complexity index is 531. The number of carboxylic acid groups (broad SMARTS) is 1. The summed E-state index contributed by atoms with van der Waals surface area (Å²) < 4.78 is 10.2. The van der Waals surface area contributed by atoms with Crippen molar-refractivity contribution < 1.29 is 39.8 Å². The van der Waals surface area contributed by atoms with Gasteiger partial charge >= 0.3 is 5.97 Å². The molecule has 0 radical (unpaired) electrons. The van der Waals surface area contributed by atoms with E-state index < -0.39 is 36.7 Å². The molecule has 1 saturated heterocycles. The van der Waals surface area contributed by atoms with Gasteiger partial charge in [-0.3, -0.25) is 0 Å². The molecule has 0 amide bonds. The highest BCUT2D eigenvalue weighted by Crippen LogP contribution is 2.31. The van der Waals surface area contributed by atoms with Crippen molar-refractivity contribution in [1.82, 2.24) is 0 Å². The van der Waals surface area contributed by atoms with Crippen molar-refractivity contribution >= 4 is 5.97 Å². The van der Waals surface area contributed by atoms with Crippen molar-refractivity contribution in [2.75, 3.05) is 0 Å². The van der Waals surface area contributed by atoms with Gasteiger partial charge in [0.05, 0.1) is 0 Å². The van der Waals surface area contributed by atoms with E-state index in [0.717, 1.165) is 5.56 Å². The van der Waals surface area contributed by atoms with E-state index in [2.05, 4.69) is 0 Å². The molecule has 0 saturated carbocycles. The van der Waals surface area contributed by atoms with Crippen LogP contribution in [0.4, 0.5) is 0 Å². The Morgan fingerprint density at radius 2 is 1.86 bits per heavy atom. The fraction of sp³-hybridized carbons (Fsp3) is 0.462. The van der Waals surface area contributed by atoms with Gasteiger partial charge in [0.1, 0.15) is 18.3 Å². The maximum absolute atomic E-state index is 11.0. The van der Waals surface area contributed by atoms with Crippen molar-refractivity contribution in [2.24, 2.45) is 0 Å². The molecule has 5 atom stereocenters. The number of hydrogen-bond donors (Lipinski definition) is 5. The molecule has 8 nitrogen and oxygen atoms in total. The van der Waals surface area contributed by atoms with Crippen molar-refractivity contribution in [1.29, 1.82) is 0 Å². The van der Waals surface area contributed by atoms with Gasteiger partial charge in [-0.25, -0.2) is 4.79 Å². The summed E-state index contributed by atoms with van der Waals surface area (Å²) in [5, 5.41) is 47.6. The molecular formula is C13H16O8. The molecule has 8 heteroatoms. The number of carboxylic acids is 1. The number of rotatable bonds is 3. The monoisotopic (exact) mass is 300 g/mol. The van der Waals surface area contributed by atoms with Gasteiger partial charge in [0.25, 0.3) is 0 Å². The summed E-state index contributed by atoms with van der Waals surface area (Å²) in [7, 11) is 0. The summed E-state index contributed by atoms with van der Waals surface area (Å²) in [5.74, 6) is -1.77. The smallest absolute Gasteiger partial charge is 0.335 e. The molecule has 0 unspecified atom stereocenters. The van der Waals surface area contributed by atoms with Gasteiger partial charge in [-0.2, -0.15) is 0 Å². The summed E-state index contributed by atoms with van der Waals surface area (Å²) in [6.07, 6.45) is -8.51. The fourth-order valence-electron chi connectivity index (χ4n) is 1.99. The molecule has 1 aliphatic rings. The molecule has 0 aliphatic carbocycles. The third-order valence-corrected chi connectivity index (χ3v) is 3.17. The molecule has 1 heterocycles. The average molecular weight is 300 g/mol. The number of carbonyl (C=O) groups is 1. The Balaban J connectivity index is 2.22. The first kappa shape index (κ1) is 15.5. The Hall–Kier alpha value is -1.87. The van der Waals surface area contributed by atoms with Gasteiger partial charge in [0.15, 0.2) is 17.6 Å². The molecule has 2 rings (SSSR count). The molecule has 0 aromatic heterocycles. The zero-order valence-corrected chi connectivity index (χ0v) is 11.1. The quantitative estimate of drug-likeness (QED) is 0.478. The van der Waals surface area contributed by atoms with Gasteiger partial charge in [0, 0.05) is 0 Å². The first-order chi connectivity index (χ1) is 9.81. The number of ether oxygens (including phenoxy) is 2. The van der Waals surface area contributed by atoms with Crippen LogP contribution >= 0.6 is 0 Å². The standard InChI is InChI=1S/C13H16O8/c1-5-2-3-6(14)7(4-5)20-13-10(17)8(15)9(16)11(21-13)12(18)19/h2-4,8-11,13-17H,1H3,(H,18,19)/t8-,9-,10+,11-,13+/m0/s1. The lowest BCUT2D eigenvalue weighted by Gasteiger charge is -2.38. The number of hydrogen-bond acceptors (Lipinski definition) is 7. The SMILES string of the molecule is Cc1ccc(O)c(O[C@@H]2O[C@H](C(=O)O)[C@@H](O)[C@H](O)[C@H]2O)c1. The zero-order valence-electron chi connectivity index (χ0n) is 11.1. The van der Waals surface area contributed by atoms with Crippen LogP contribution in [0.25, 0.3) is 0 Å². The van der Waals surface area contributed by atoms with Crippen LogP contribution in [-0.4, -0.2) is 62.2 Å². The molecular weight excluding hydrogens is 284 g/mol. The molecule has 0 spiro atoms. The number of aromatic hydroxyl groups is 1. The summed E-state index contributed by atoms with van der Waals surface area (Å²) in [6.45, 7) is 1.74. The van der Waals surface area contributed by atoms with Gasteiger partial charge < -0.3 is 35.0 Å². The van der Waals surface area contributed by atoms with E-state index in [1.54, 1.807) is 13.0 Å². The van der Waals surface area contributed by atoms with Crippen LogP contribution in [0.5, 0.6) is 11.5 Å². The number of aliphatic hydroxyl groups excluding tert-OH is 3. The summed E-state index contributed by atoms with van der Waals surface area (Å²) >= 11 is 0. The number of aliphatic hydroxyl groups is 3. The highest BCUT2D eigenvalue weighted by Gasteiger charge is 2.48. The third kappa shape index (κ3) is 3.08. The van der Waals surface area contributed by atoms with Gasteiger partial charge in [-0.15, -0.1) is 0 Å². The van der Waals surface area contributed by atoms with E-state index in [-0.39, 0.29) is 11.5 Å². The predicted octanol–water partition coefficient (Wildman–Crippen LogP) is -1.03. The van der Waals surface area contributed by atoms with Crippen LogP contribution in [0.3, 0.4) is 0 Å². The molecule has 5 N–H and O–H groups in total. The fourth-order valence-corrected chi connectivity index (χ4v) is 1.99. The molecule has 0 bridgehead atoms. The van der Waals surface area contributed by atoms with Crippen molar-refractivity contribution in [3.8, 4) is 11.5 Å². The second-order valence-corrected chi connectivity index (χ2v) is 4.82. The second kappa shape index (κ2) is 5.86.